The first-order valence-corrected chi connectivity index (χ1v) is 4.65. The number of carbonyl (C=O) groups is 1. The van der Waals surface area contributed by atoms with Crippen molar-refractivity contribution in [3.05, 3.63) is 22.3 Å². The van der Waals surface area contributed by atoms with Crippen LogP contribution in [0.25, 0.3) is 0 Å². The van der Waals surface area contributed by atoms with E-state index in [0.717, 1.165) is 0 Å². The number of hydrogen-bond donors (Lipinski definition) is 2. The first-order valence-electron chi connectivity index (χ1n) is 3.89. The van der Waals surface area contributed by atoms with Crippen LogP contribution in [0.4, 0.5) is 5.82 Å². The molecule has 2 aromatic rings. The van der Waals surface area contributed by atoms with Crippen LogP contribution in [0.3, 0.4) is 0 Å². The lowest BCUT2D eigenvalue weighted by atomic mass is 10.5. The molecule has 0 aromatic carbocycles. The van der Waals surface area contributed by atoms with E-state index < -0.39 is 5.91 Å². The van der Waals surface area contributed by atoms with Crippen molar-refractivity contribution in [2.24, 2.45) is 0 Å². The molecule has 0 unspecified atom stereocenters. The smallest absolute Gasteiger partial charge is 0.298 e. The highest BCUT2D eigenvalue weighted by Crippen LogP contribution is 2.25. The van der Waals surface area contributed by atoms with Gasteiger partial charge in [-0.15, -0.1) is 10.2 Å². The summed E-state index contributed by atoms with van der Waals surface area (Å²) in [6, 6.07) is 0. The van der Waals surface area contributed by atoms with Crippen molar-refractivity contribution in [1.29, 1.82) is 0 Å². The second-order valence-corrected chi connectivity index (χ2v) is 3.25. The average molecular weight is 260 g/mol. The number of halogens is 2. The van der Waals surface area contributed by atoms with Gasteiger partial charge < -0.3 is 5.32 Å². The minimum absolute atomic E-state index is 0.0417. The standard InChI is InChI=1S/C6H3Cl2N7O/c7-2-3(8)9-1-10-4(2)11-6(16)5-12-14-15-13-5/h1H,(H,9,10,11,16)(H,12,13,14,15). The van der Waals surface area contributed by atoms with Crippen LogP contribution in [-0.2, 0) is 0 Å². The summed E-state index contributed by atoms with van der Waals surface area (Å²) in [7, 11) is 0. The zero-order valence-corrected chi connectivity index (χ0v) is 8.99. The Morgan fingerprint density at radius 2 is 2.19 bits per heavy atom. The normalized spacial score (nSPS) is 10.1. The van der Waals surface area contributed by atoms with E-state index in [9.17, 15) is 4.79 Å². The minimum atomic E-state index is -0.606. The zero-order valence-electron chi connectivity index (χ0n) is 7.48. The van der Waals surface area contributed by atoms with E-state index in [4.69, 9.17) is 23.2 Å². The molecular formula is C6H3Cl2N7O. The number of nitrogens with one attached hydrogen (secondary N) is 2. The maximum absolute atomic E-state index is 11.5. The number of amides is 1. The molecule has 2 rings (SSSR count). The number of nitrogens with zero attached hydrogens (tertiary/aromatic N) is 5. The van der Waals surface area contributed by atoms with E-state index >= 15 is 0 Å². The molecule has 0 radical (unpaired) electrons. The van der Waals surface area contributed by atoms with Crippen LogP contribution in [0.2, 0.25) is 10.2 Å². The number of aromatic nitrogens is 6. The van der Waals surface area contributed by atoms with Gasteiger partial charge in [0.1, 0.15) is 11.3 Å². The molecule has 0 fully saturated rings. The highest BCUT2D eigenvalue weighted by Gasteiger charge is 2.15. The molecule has 2 aromatic heterocycles. The Morgan fingerprint density at radius 1 is 1.38 bits per heavy atom. The molecule has 0 aliphatic carbocycles. The summed E-state index contributed by atoms with van der Waals surface area (Å²) in [5, 5.41) is 14.8. The van der Waals surface area contributed by atoms with Crippen molar-refractivity contribution in [2.45, 2.75) is 0 Å². The monoisotopic (exact) mass is 259 g/mol. The fourth-order valence-electron chi connectivity index (χ4n) is 0.857. The first-order chi connectivity index (χ1) is 7.68. The van der Waals surface area contributed by atoms with Gasteiger partial charge >= 0.3 is 0 Å². The number of carbonyl (C=O) groups excluding carboxylic acids is 1. The third-order valence-electron chi connectivity index (χ3n) is 1.53. The van der Waals surface area contributed by atoms with E-state index in [1.54, 1.807) is 0 Å². The van der Waals surface area contributed by atoms with Crippen LogP contribution >= 0.6 is 23.2 Å². The average Bonchev–Trinajstić information content (AvgIpc) is 2.78. The Labute approximate surface area is 98.4 Å². The topological polar surface area (TPSA) is 109 Å². The molecule has 0 aliphatic rings. The van der Waals surface area contributed by atoms with Gasteiger partial charge in [0.2, 0.25) is 0 Å². The van der Waals surface area contributed by atoms with Gasteiger partial charge in [-0.25, -0.2) is 9.97 Å². The van der Waals surface area contributed by atoms with Gasteiger partial charge in [0, 0.05) is 0 Å². The van der Waals surface area contributed by atoms with Crippen molar-refractivity contribution < 1.29 is 4.79 Å². The predicted octanol–water partition coefficient (Wildman–Crippen LogP) is 0.549. The minimum Gasteiger partial charge on any atom is -0.302 e. The zero-order chi connectivity index (χ0) is 11.5. The molecule has 16 heavy (non-hydrogen) atoms. The van der Waals surface area contributed by atoms with E-state index in [-0.39, 0.29) is 21.8 Å². The Morgan fingerprint density at radius 3 is 2.88 bits per heavy atom. The predicted molar refractivity (Wildman–Crippen MR) is 54.2 cm³/mol. The van der Waals surface area contributed by atoms with Gasteiger partial charge in [-0.1, -0.05) is 23.2 Å². The van der Waals surface area contributed by atoms with Crippen molar-refractivity contribution in [1.82, 2.24) is 30.6 Å². The molecule has 2 heterocycles. The summed E-state index contributed by atoms with van der Waals surface area (Å²) in [6.45, 7) is 0. The third kappa shape index (κ3) is 2.07. The summed E-state index contributed by atoms with van der Waals surface area (Å²) in [5.41, 5.74) is 0. The number of hydrogen-bond acceptors (Lipinski definition) is 6. The Balaban J connectivity index is 2.22. The van der Waals surface area contributed by atoms with Crippen LogP contribution in [-0.4, -0.2) is 36.5 Å². The molecule has 1 amide bonds. The summed E-state index contributed by atoms with van der Waals surface area (Å²) in [6.07, 6.45) is 1.17. The fraction of sp³-hybridized carbons (Fsp3) is 0. The van der Waals surface area contributed by atoms with Crippen LogP contribution in [0.1, 0.15) is 10.6 Å². The molecule has 0 atom stereocenters. The summed E-state index contributed by atoms with van der Waals surface area (Å²) in [5.74, 6) is -0.660. The number of rotatable bonds is 2. The number of tetrazole rings is 1. The summed E-state index contributed by atoms with van der Waals surface area (Å²) in [4.78, 5) is 18.9. The SMILES string of the molecule is O=C(Nc1ncnc(Cl)c1Cl)c1nn[nH]n1. The van der Waals surface area contributed by atoms with Gasteiger partial charge in [-0.05, 0) is 5.21 Å². The van der Waals surface area contributed by atoms with Crippen LogP contribution in [0.15, 0.2) is 6.33 Å². The lowest BCUT2D eigenvalue weighted by Gasteiger charge is -2.03. The van der Waals surface area contributed by atoms with Crippen molar-refractivity contribution >= 4 is 34.9 Å². The third-order valence-corrected chi connectivity index (χ3v) is 2.27. The van der Waals surface area contributed by atoms with E-state index in [1.165, 1.54) is 6.33 Å². The molecule has 0 aliphatic heterocycles. The summed E-state index contributed by atoms with van der Waals surface area (Å²) < 4.78 is 0. The van der Waals surface area contributed by atoms with Crippen molar-refractivity contribution in [2.75, 3.05) is 5.32 Å². The number of aromatic amines is 1. The molecule has 0 saturated carbocycles. The van der Waals surface area contributed by atoms with Crippen LogP contribution < -0.4 is 5.32 Å². The van der Waals surface area contributed by atoms with Gasteiger partial charge in [0.15, 0.2) is 11.0 Å². The van der Waals surface area contributed by atoms with Crippen LogP contribution in [0.5, 0.6) is 0 Å². The molecule has 8 nitrogen and oxygen atoms in total. The van der Waals surface area contributed by atoms with E-state index in [0.29, 0.717) is 0 Å². The lowest BCUT2D eigenvalue weighted by molar-refractivity contribution is 0.101. The van der Waals surface area contributed by atoms with E-state index in [2.05, 4.69) is 35.9 Å². The fourth-order valence-corrected chi connectivity index (χ4v) is 1.13. The van der Waals surface area contributed by atoms with E-state index in [1.807, 2.05) is 0 Å². The Kier molecular flexibility index (Phi) is 2.93. The molecule has 0 saturated heterocycles. The summed E-state index contributed by atoms with van der Waals surface area (Å²) >= 11 is 11.4. The molecule has 0 spiro atoms. The highest BCUT2D eigenvalue weighted by molar-refractivity contribution is 6.43. The molecular weight excluding hydrogens is 257 g/mol. The second kappa shape index (κ2) is 4.37. The Hall–Kier alpha value is -1.80. The lowest BCUT2D eigenvalue weighted by Crippen LogP contribution is -2.15. The second-order valence-electron chi connectivity index (χ2n) is 2.52. The molecule has 82 valence electrons. The Bertz CT molecular complexity index is 514. The first kappa shape index (κ1) is 10.7. The van der Waals surface area contributed by atoms with Gasteiger partial charge in [0.25, 0.3) is 11.7 Å². The molecule has 0 bridgehead atoms. The largest absolute Gasteiger partial charge is 0.302 e. The van der Waals surface area contributed by atoms with Crippen LogP contribution in [0, 0.1) is 0 Å². The van der Waals surface area contributed by atoms with Gasteiger partial charge in [-0.3, -0.25) is 4.79 Å². The maximum Gasteiger partial charge on any atom is 0.298 e. The number of anilines is 1. The highest BCUT2D eigenvalue weighted by atomic mass is 35.5. The van der Waals surface area contributed by atoms with Crippen molar-refractivity contribution in [3.8, 4) is 0 Å². The van der Waals surface area contributed by atoms with Gasteiger partial charge in [-0.2, -0.15) is 5.21 Å². The quantitative estimate of drug-likeness (QED) is 0.763. The van der Waals surface area contributed by atoms with Crippen molar-refractivity contribution in [3.63, 3.8) is 0 Å². The number of H-pyrrole nitrogens is 1. The molecule has 10 heteroatoms. The molecule has 2 N–H and O–H groups in total. The maximum atomic E-state index is 11.5. The van der Waals surface area contributed by atoms with Gasteiger partial charge in [0.05, 0.1) is 0 Å².